The summed E-state index contributed by atoms with van der Waals surface area (Å²) in [5, 5.41) is 0. The van der Waals surface area contributed by atoms with Crippen molar-refractivity contribution in [2.45, 2.75) is 71.6 Å². The third-order valence-corrected chi connectivity index (χ3v) is 6.23. The largest absolute Gasteiger partial charge is 0.471 e. The number of carbonyl (C=O) groups is 4. The first-order chi connectivity index (χ1) is 21.0. The van der Waals surface area contributed by atoms with Crippen LogP contribution in [0.3, 0.4) is 0 Å². The van der Waals surface area contributed by atoms with E-state index >= 15 is 0 Å². The molecule has 0 amide bonds. The molecule has 2 aromatic heterocycles. The number of rotatable bonds is 12. The van der Waals surface area contributed by atoms with Crippen LogP contribution in [0.2, 0.25) is 0 Å². The smallest absolute Gasteiger partial charge is 0.303 e. The molecular weight excluding hydrogens is 582 g/mol. The van der Waals surface area contributed by atoms with Gasteiger partial charge in [-0.3, -0.25) is 19.2 Å². The SMILES string of the molecule is CC(=O)OC[C@H]1O[C@@H](OCCn2cnc3c(OCc4ccccc4)nc(N)nc32)[C@H](OC(C)=O)[C@@H](OC(C)=O)[C@@H]1OC(C)=O. The van der Waals surface area contributed by atoms with Crippen LogP contribution in [-0.2, 0) is 60.8 Å². The van der Waals surface area contributed by atoms with Crippen molar-refractivity contribution >= 4 is 41.0 Å². The van der Waals surface area contributed by atoms with Crippen molar-refractivity contribution in [1.82, 2.24) is 19.5 Å². The van der Waals surface area contributed by atoms with Gasteiger partial charge in [0.2, 0.25) is 11.8 Å². The molecule has 0 unspecified atom stereocenters. The zero-order valence-electron chi connectivity index (χ0n) is 24.5. The van der Waals surface area contributed by atoms with Crippen molar-refractivity contribution in [3.05, 3.63) is 42.2 Å². The number of ether oxygens (including phenoxy) is 7. The lowest BCUT2D eigenvalue weighted by molar-refractivity contribution is -0.308. The summed E-state index contributed by atoms with van der Waals surface area (Å²) in [6.07, 6.45) is -4.92. The number of anilines is 1. The summed E-state index contributed by atoms with van der Waals surface area (Å²) in [6, 6.07) is 9.50. The quantitative estimate of drug-likeness (QED) is 0.224. The van der Waals surface area contributed by atoms with E-state index in [1.54, 1.807) is 4.57 Å². The monoisotopic (exact) mass is 615 g/mol. The molecule has 236 valence electrons. The number of hydrogen-bond acceptors (Lipinski definition) is 15. The van der Waals surface area contributed by atoms with Crippen molar-refractivity contribution in [3.8, 4) is 5.88 Å². The van der Waals surface area contributed by atoms with Crippen LogP contribution in [0.15, 0.2) is 36.7 Å². The summed E-state index contributed by atoms with van der Waals surface area (Å²) in [5.41, 5.74) is 7.63. The number of imidazole rings is 1. The molecular formula is C28H33N5O11. The zero-order valence-corrected chi connectivity index (χ0v) is 24.5. The van der Waals surface area contributed by atoms with Gasteiger partial charge < -0.3 is 43.5 Å². The average Bonchev–Trinajstić information content (AvgIpc) is 3.36. The van der Waals surface area contributed by atoms with Gasteiger partial charge in [-0.2, -0.15) is 9.97 Å². The van der Waals surface area contributed by atoms with Gasteiger partial charge in [0, 0.05) is 34.2 Å². The molecule has 44 heavy (non-hydrogen) atoms. The number of nitrogen functional groups attached to an aromatic ring is 1. The fourth-order valence-electron chi connectivity index (χ4n) is 4.51. The van der Waals surface area contributed by atoms with Crippen LogP contribution in [0.5, 0.6) is 5.88 Å². The summed E-state index contributed by atoms with van der Waals surface area (Å²) in [6.45, 7) is 4.59. The molecule has 2 N–H and O–H groups in total. The Morgan fingerprint density at radius 1 is 0.886 bits per heavy atom. The minimum Gasteiger partial charge on any atom is -0.471 e. The maximum Gasteiger partial charge on any atom is 0.303 e. The molecule has 3 heterocycles. The molecule has 0 saturated carbocycles. The van der Waals surface area contributed by atoms with E-state index in [1.807, 2.05) is 30.3 Å². The number of carbonyl (C=O) groups excluding carboxylic acids is 4. The second-order valence-electron chi connectivity index (χ2n) is 9.71. The Morgan fingerprint density at radius 3 is 2.20 bits per heavy atom. The lowest BCUT2D eigenvalue weighted by Gasteiger charge is -2.44. The normalized spacial score (nSPS) is 21.3. The molecule has 16 nitrogen and oxygen atoms in total. The highest BCUT2D eigenvalue weighted by atomic mass is 16.7. The van der Waals surface area contributed by atoms with Gasteiger partial charge in [0.05, 0.1) is 12.9 Å². The maximum atomic E-state index is 12.0. The Morgan fingerprint density at radius 2 is 1.55 bits per heavy atom. The van der Waals surface area contributed by atoms with Crippen LogP contribution in [0.4, 0.5) is 5.95 Å². The summed E-state index contributed by atoms with van der Waals surface area (Å²) in [4.78, 5) is 60.3. The molecule has 3 aromatic rings. The van der Waals surface area contributed by atoms with Gasteiger partial charge >= 0.3 is 23.9 Å². The minimum atomic E-state index is -1.34. The molecule has 0 spiro atoms. The van der Waals surface area contributed by atoms with Crippen molar-refractivity contribution in [3.63, 3.8) is 0 Å². The predicted molar refractivity (Wildman–Crippen MR) is 148 cm³/mol. The number of nitrogens with zero attached hydrogens (tertiary/aromatic N) is 4. The molecule has 0 aliphatic carbocycles. The number of esters is 4. The van der Waals surface area contributed by atoms with Crippen LogP contribution >= 0.6 is 0 Å². The third kappa shape index (κ3) is 8.38. The Labute approximate surface area is 251 Å². The van der Waals surface area contributed by atoms with Gasteiger partial charge in [0.25, 0.3) is 0 Å². The molecule has 0 radical (unpaired) electrons. The molecule has 1 aliphatic rings. The second kappa shape index (κ2) is 14.6. The molecule has 16 heteroatoms. The lowest BCUT2D eigenvalue weighted by Crippen LogP contribution is -2.63. The topological polar surface area (TPSA) is 203 Å². The molecule has 1 fully saturated rings. The average molecular weight is 616 g/mol. The summed E-state index contributed by atoms with van der Waals surface area (Å²) in [7, 11) is 0. The minimum absolute atomic E-state index is 0.0252. The van der Waals surface area contributed by atoms with Crippen LogP contribution in [0.1, 0.15) is 33.3 Å². The van der Waals surface area contributed by atoms with Crippen molar-refractivity contribution in [1.29, 1.82) is 0 Å². The van der Waals surface area contributed by atoms with Gasteiger partial charge in [-0.05, 0) is 5.56 Å². The van der Waals surface area contributed by atoms with Crippen molar-refractivity contribution in [2.24, 2.45) is 0 Å². The van der Waals surface area contributed by atoms with Crippen LogP contribution in [0, 0.1) is 0 Å². The van der Waals surface area contributed by atoms with E-state index in [4.69, 9.17) is 38.9 Å². The van der Waals surface area contributed by atoms with E-state index in [0.29, 0.717) is 11.2 Å². The first kappa shape index (κ1) is 32.1. The standard InChI is InChI=1S/C28H33N5O11/c1-15(34)39-13-20-22(41-16(2)35)23(42-17(3)36)24(43-18(4)37)27(44-20)38-11-10-33-14-30-21-25(33)31-28(29)32-26(21)40-12-19-8-6-5-7-9-19/h5-9,14,20,22-24,27H,10-13H2,1-4H3,(H2,29,31,32)/t20-,22-,23+,24-,27-/m1/s1. The fourth-order valence-corrected chi connectivity index (χ4v) is 4.51. The lowest BCUT2D eigenvalue weighted by atomic mass is 9.98. The Hall–Kier alpha value is -4.83. The first-order valence-corrected chi connectivity index (χ1v) is 13.6. The number of nitrogens with two attached hydrogens (primary N) is 1. The number of hydrogen-bond donors (Lipinski definition) is 1. The van der Waals surface area contributed by atoms with Crippen LogP contribution in [-0.4, -0.2) is 87.3 Å². The second-order valence-corrected chi connectivity index (χ2v) is 9.71. The Balaban J connectivity index is 1.53. The molecule has 1 aromatic carbocycles. The molecule has 1 aliphatic heterocycles. The fraction of sp³-hybridized carbons (Fsp3) is 0.464. The van der Waals surface area contributed by atoms with Gasteiger partial charge in [0.15, 0.2) is 35.8 Å². The van der Waals surface area contributed by atoms with E-state index in [0.717, 1.165) is 26.3 Å². The van der Waals surface area contributed by atoms with Crippen molar-refractivity contribution < 1.29 is 52.3 Å². The predicted octanol–water partition coefficient (Wildman–Crippen LogP) is 1.09. The van der Waals surface area contributed by atoms with E-state index < -0.39 is 54.6 Å². The van der Waals surface area contributed by atoms with E-state index in [9.17, 15) is 19.2 Å². The summed E-state index contributed by atoms with van der Waals surface area (Å²) in [5.74, 6) is -2.66. The highest BCUT2D eigenvalue weighted by Crippen LogP contribution is 2.30. The van der Waals surface area contributed by atoms with Gasteiger partial charge in [0.1, 0.15) is 19.3 Å². The summed E-state index contributed by atoms with van der Waals surface area (Å²) >= 11 is 0. The molecule has 1 saturated heterocycles. The van der Waals surface area contributed by atoms with Gasteiger partial charge in [-0.15, -0.1) is 0 Å². The Bertz CT molecular complexity index is 1480. The van der Waals surface area contributed by atoms with Gasteiger partial charge in [-0.1, -0.05) is 30.3 Å². The highest BCUT2D eigenvalue weighted by molar-refractivity contribution is 5.77. The molecule has 4 rings (SSSR count). The first-order valence-electron chi connectivity index (χ1n) is 13.6. The van der Waals surface area contributed by atoms with Crippen LogP contribution in [0.25, 0.3) is 11.2 Å². The van der Waals surface area contributed by atoms with E-state index in [2.05, 4.69) is 15.0 Å². The third-order valence-electron chi connectivity index (χ3n) is 6.23. The van der Waals surface area contributed by atoms with E-state index in [1.165, 1.54) is 13.3 Å². The molecule has 5 atom stereocenters. The Kier molecular flexibility index (Phi) is 10.6. The number of aromatic nitrogens is 4. The molecule has 0 bridgehead atoms. The maximum absolute atomic E-state index is 12.0. The highest BCUT2D eigenvalue weighted by Gasteiger charge is 2.52. The van der Waals surface area contributed by atoms with Crippen LogP contribution < -0.4 is 10.5 Å². The zero-order chi connectivity index (χ0) is 31.8. The number of benzene rings is 1. The van der Waals surface area contributed by atoms with Gasteiger partial charge in [-0.25, -0.2) is 4.98 Å². The summed E-state index contributed by atoms with van der Waals surface area (Å²) < 4.78 is 40.7. The van der Waals surface area contributed by atoms with E-state index in [-0.39, 0.29) is 38.2 Å². The number of fused-ring (bicyclic) bond motifs is 1. The van der Waals surface area contributed by atoms with Crippen molar-refractivity contribution in [2.75, 3.05) is 18.9 Å².